The summed E-state index contributed by atoms with van der Waals surface area (Å²) >= 11 is 1.92. The van der Waals surface area contributed by atoms with Crippen molar-refractivity contribution >= 4 is 40.4 Å². The van der Waals surface area contributed by atoms with E-state index in [2.05, 4.69) is 46.7 Å². The topological polar surface area (TPSA) is 98.9 Å². The summed E-state index contributed by atoms with van der Waals surface area (Å²) in [6, 6.07) is 6.24. The van der Waals surface area contributed by atoms with Crippen LogP contribution < -0.4 is 16.0 Å². The summed E-state index contributed by atoms with van der Waals surface area (Å²) < 4.78 is 0. The number of hydrogen-bond acceptors (Lipinski definition) is 4. The van der Waals surface area contributed by atoms with Crippen LogP contribution in [0.4, 0.5) is 10.5 Å². The Hall–Kier alpha value is -2.22. The molecule has 0 radical (unpaired) electrons. The smallest absolute Gasteiger partial charge is 0.315 e. The Morgan fingerprint density at radius 1 is 1.28 bits per heavy atom. The van der Waals surface area contributed by atoms with Crippen molar-refractivity contribution in [2.75, 3.05) is 11.1 Å². The van der Waals surface area contributed by atoms with E-state index in [0.717, 1.165) is 47.6 Å². The van der Waals surface area contributed by atoms with Crippen LogP contribution in [0.25, 0.3) is 11.0 Å². The Labute approximate surface area is 175 Å². The molecule has 7 nitrogen and oxygen atoms in total. The fraction of sp³-hybridized carbons (Fsp3) is 0.571. The van der Waals surface area contributed by atoms with Crippen molar-refractivity contribution in [2.45, 2.75) is 69.2 Å². The number of nitrogens with one attached hydrogen (secondary N) is 4. The number of imidazole rings is 1. The van der Waals surface area contributed by atoms with Gasteiger partial charge in [0, 0.05) is 28.5 Å². The second-order valence-corrected chi connectivity index (χ2v) is 10.3. The molecule has 2 aliphatic heterocycles. The van der Waals surface area contributed by atoms with E-state index in [1.54, 1.807) is 0 Å². The number of nitrogens with zero attached hydrogens (tertiary/aromatic N) is 1. The van der Waals surface area contributed by atoms with Gasteiger partial charge in [0.25, 0.3) is 0 Å². The first-order valence-corrected chi connectivity index (χ1v) is 11.3. The number of unbranched alkanes of at least 4 members (excludes halogenated alkanes) is 1. The SMILES string of the molecule is CC(C)(C)c1nc2ccc(NC(=O)CCCC[C@@H]3SC[C@@H]4NC(=O)N[C@@H]43)cc2[nH]1. The predicted octanol–water partition coefficient (Wildman–Crippen LogP) is 3.52. The summed E-state index contributed by atoms with van der Waals surface area (Å²) in [5, 5.41) is 9.42. The molecule has 8 heteroatoms. The van der Waals surface area contributed by atoms with Crippen LogP contribution >= 0.6 is 11.8 Å². The lowest BCUT2D eigenvalue weighted by Gasteiger charge is -2.16. The third-order valence-corrected chi connectivity index (χ3v) is 7.07. The van der Waals surface area contributed by atoms with Crippen molar-refractivity contribution in [1.82, 2.24) is 20.6 Å². The summed E-state index contributed by atoms with van der Waals surface area (Å²) in [6.07, 6.45) is 3.36. The fourth-order valence-electron chi connectivity index (χ4n) is 3.94. The number of amides is 3. The van der Waals surface area contributed by atoms with Crippen LogP contribution in [0.3, 0.4) is 0 Å². The van der Waals surface area contributed by atoms with Crippen LogP contribution in [-0.2, 0) is 10.2 Å². The second kappa shape index (κ2) is 7.89. The molecule has 3 amide bonds. The van der Waals surface area contributed by atoms with Crippen molar-refractivity contribution in [3.05, 3.63) is 24.0 Å². The zero-order valence-corrected chi connectivity index (χ0v) is 18.0. The van der Waals surface area contributed by atoms with Crippen LogP contribution in [0.1, 0.15) is 52.3 Å². The van der Waals surface area contributed by atoms with Crippen LogP contribution in [0.15, 0.2) is 18.2 Å². The lowest BCUT2D eigenvalue weighted by atomic mass is 9.96. The maximum atomic E-state index is 12.3. The molecule has 2 saturated heterocycles. The first kappa shape index (κ1) is 20.1. The molecule has 0 saturated carbocycles. The van der Waals surface area contributed by atoms with E-state index in [-0.39, 0.29) is 29.4 Å². The van der Waals surface area contributed by atoms with Gasteiger partial charge in [-0.3, -0.25) is 4.79 Å². The Balaban J connectivity index is 1.24. The molecule has 156 valence electrons. The molecule has 3 heterocycles. The molecule has 0 unspecified atom stereocenters. The monoisotopic (exact) mass is 415 g/mol. The molecule has 2 fully saturated rings. The summed E-state index contributed by atoms with van der Waals surface area (Å²) in [6.45, 7) is 6.36. The number of anilines is 1. The molecular formula is C21H29N5O2S. The Bertz CT molecular complexity index is 919. The number of carbonyl (C=O) groups is 2. The highest BCUT2D eigenvalue weighted by Crippen LogP contribution is 2.33. The van der Waals surface area contributed by atoms with E-state index < -0.39 is 0 Å². The third kappa shape index (κ3) is 4.52. The van der Waals surface area contributed by atoms with Crippen molar-refractivity contribution in [3.8, 4) is 0 Å². The molecular weight excluding hydrogens is 386 g/mol. The molecule has 1 aromatic carbocycles. The van der Waals surface area contributed by atoms with E-state index in [1.165, 1.54) is 0 Å². The average Bonchev–Trinajstić information content (AvgIpc) is 3.32. The van der Waals surface area contributed by atoms with Gasteiger partial charge in [0.15, 0.2) is 0 Å². The van der Waals surface area contributed by atoms with Gasteiger partial charge in [0.2, 0.25) is 5.91 Å². The van der Waals surface area contributed by atoms with Gasteiger partial charge < -0.3 is 20.9 Å². The number of H-pyrrole nitrogens is 1. The van der Waals surface area contributed by atoms with Crippen molar-refractivity contribution in [3.63, 3.8) is 0 Å². The zero-order valence-electron chi connectivity index (χ0n) is 17.2. The summed E-state index contributed by atoms with van der Waals surface area (Å²) in [5.74, 6) is 1.95. The van der Waals surface area contributed by atoms with Gasteiger partial charge in [-0.25, -0.2) is 9.78 Å². The lowest BCUT2D eigenvalue weighted by Crippen LogP contribution is -2.36. The quantitative estimate of drug-likeness (QED) is 0.428. The number of urea groups is 1. The molecule has 3 atom stereocenters. The minimum Gasteiger partial charge on any atom is -0.341 e. The van der Waals surface area contributed by atoms with Crippen LogP contribution in [-0.4, -0.2) is 45.0 Å². The van der Waals surface area contributed by atoms with Gasteiger partial charge in [-0.1, -0.05) is 27.2 Å². The third-order valence-electron chi connectivity index (χ3n) is 5.56. The zero-order chi connectivity index (χ0) is 20.6. The number of aromatic nitrogens is 2. The molecule has 0 aliphatic carbocycles. The van der Waals surface area contributed by atoms with Crippen molar-refractivity contribution in [2.24, 2.45) is 0 Å². The average molecular weight is 416 g/mol. The van der Waals surface area contributed by atoms with Gasteiger partial charge >= 0.3 is 6.03 Å². The standard InChI is InChI=1S/C21H29N5O2S/c1-21(2,3)19-23-13-9-8-12(10-14(13)24-19)22-17(27)7-5-4-6-16-18-15(11-29-16)25-20(28)26-18/h8-10,15-16,18H,4-7,11H2,1-3H3,(H,22,27)(H,23,24)(H2,25,26,28)/t15-,16-,18-/m0/s1. The van der Waals surface area contributed by atoms with E-state index in [4.69, 9.17) is 0 Å². The molecule has 29 heavy (non-hydrogen) atoms. The molecule has 1 aromatic heterocycles. The van der Waals surface area contributed by atoms with Crippen molar-refractivity contribution in [1.29, 1.82) is 0 Å². The summed E-state index contributed by atoms with van der Waals surface area (Å²) in [5.41, 5.74) is 2.60. The van der Waals surface area contributed by atoms with E-state index >= 15 is 0 Å². The number of aromatic amines is 1. The number of hydrogen-bond donors (Lipinski definition) is 4. The first-order valence-electron chi connectivity index (χ1n) is 10.3. The van der Waals surface area contributed by atoms with Gasteiger partial charge in [-0.2, -0.15) is 11.8 Å². The van der Waals surface area contributed by atoms with Gasteiger partial charge in [0.1, 0.15) is 5.82 Å². The highest BCUT2D eigenvalue weighted by Gasteiger charge is 2.42. The highest BCUT2D eigenvalue weighted by molar-refractivity contribution is 8.00. The minimum atomic E-state index is -0.0477. The van der Waals surface area contributed by atoms with E-state index in [1.807, 2.05) is 30.0 Å². The largest absolute Gasteiger partial charge is 0.341 e. The fourth-order valence-corrected chi connectivity index (χ4v) is 5.48. The maximum Gasteiger partial charge on any atom is 0.315 e. The van der Waals surface area contributed by atoms with E-state index in [0.29, 0.717) is 11.7 Å². The second-order valence-electron chi connectivity index (χ2n) is 8.98. The number of thioether (sulfide) groups is 1. The minimum absolute atomic E-state index is 0.0349. The number of fused-ring (bicyclic) bond motifs is 2. The van der Waals surface area contributed by atoms with Gasteiger partial charge in [-0.05, 0) is 31.0 Å². The molecule has 0 bridgehead atoms. The van der Waals surface area contributed by atoms with Crippen LogP contribution in [0.2, 0.25) is 0 Å². The molecule has 4 rings (SSSR count). The highest BCUT2D eigenvalue weighted by atomic mass is 32.2. The Kier molecular flexibility index (Phi) is 5.46. The molecule has 2 aliphatic rings. The number of benzene rings is 1. The molecule has 0 spiro atoms. The predicted molar refractivity (Wildman–Crippen MR) is 117 cm³/mol. The number of rotatable bonds is 6. The molecule has 4 N–H and O–H groups in total. The van der Waals surface area contributed by atoms with E-state index in [9.17, 15) is 9.59 Å². The summed E-state index contributed by atoms with van der Waals surface area (Å²) in [4.78, 5) is 31.7. The molecule has 2 aromatic rings. The Morgan fingerprint density at radius 3 is 2.90 bits per heavy atom. The number of carbonyl (C=O) groups excluding carboxylic acids is 2. The summed E-state index contributed by atoms with van der Waals surface area (Å²) in [7, 11) is 0. The normalized spacial score (nSPS) is 23.7. The van der Waals surface area contributed by atoms with Gasteiger partial charge in [-0.15, -0.1) is 0 Å². The van der Waals surface area contributed by atoms with Crippen molar-refractivity contribution < 1.29 is 9.59 Å². The van der Waals surface area contributed by atoms with Crippen LogP contribution in [0, 0.1) is 0 Å². The first-order chi connectivity index (χ1) is 13.8. The maximum absolute atomic E-state index is 12.3. The van der Waals surface area contributed by atoms with Crippen LogP contribution in [0.5, 0.6) is 0 Å². The Morgan fingerprint density at radius 2 is 2.10 bits per heavy atom. The lowest BCUT2D eigenvalue weighted by molar-refractivity contribution is -0.116. The van der Waals surface area contributed by atoms with Gasteiger partial charge in [0.05, 0.1) is 23.1 Å².